The predicted octanol–water partition coefficient (Wildman–Crippen LogP) is 3.14. The van der Waals surface area contributed by atoms with Crippen LogP contribution in [0, 0.1) is 11.8 Å². The molecule has 1 aromatic carbocycles. The largest absolute Gasteiger partial charge is 0.496 e. The van der Waals surface area contributed by atoms with E-state index in [9.17, 15) is 9.59 Å². The minimum atomic E-state index is -0.707. The lowest BCUT2D eigenvalue weighted by Crippen LogP contribution is -2.51. The van der Waals surface area contributed by atoms with Crippen molar-refractivity contribution in [2.45, 2.75) is 19.9 Å². The third-order valence-corrected chi connectivity index (χ3v) is 4.24. The van der Waals surface area contributed by atoms with Gasteiger partial charge in [-0.15, -0.1) is 0 Å². The first-order valence-corrected chi connectivity index (χ1v) is 8.39. The van der Waals surface area contributed by atoms with Crippen molar-refractivity contribution in [3.05, 3.63) is 40.5 Å². The second-order valence-electron chi connectivity index (χ2n) is 6.00. The lowest BCUT2D eigenvalue weighted by Gasteiger charge is -2.33. The van der Waals surface area contributed by atoms with Gasteiger partial charge in [0.15, 0.2) is 0 Å². The predicted molar refractivity (Wildman–Crippen MR) is 93.5 cm³/mol. The average molecular weight is 397 g/mol. The summed E-state index contributed by atoms with van der Waals surface area (Å²) in [5, 5.41) is 5.33. The van der Waals surface area contributed by atoms with Crippen molar-refractivity contribution in [1.82, 2.24) is 10.6 Å². The van der Waals surface area contributed by atoms with Crippen LogP contribution in [0.4, 0.5) is 4.79 Å². The summed E-state index contributed by atoms with van der Waals surface area (Å²) in [5.41, 5.74) is 1.08. The first kappa shape index (κ1) is 18.3. The molecule has 6 nitrogen and oxygen atoms in total. The fourth-order valence-corrected chi connectivity index (χ4v) is 3.01. The molecule has 1 aliphatic heterocycles. The topological polar surface area (TPSA) is 76.7 Å². The van der Waals surface area contributed by atoms with Gasteiger partial charge in [-0.2, -0.15) is 0 Å². The SMILES string of the molecule is C=C1NC(=O)NC(c2ccc(OC)c(Br)c2)C1C(=O)OCC(C)C. The Morgan fingerprint density at radius 2 is 2.12 bits per heavy atom. The molecule has 0 radical (unpaired) electrons. The Labute approximate surface area is 149 Å². The van der Waals surface area contributed by atoms with E-state index in [4.69, 9.17) is 9.47 Å². The van der Waals surface area contributed by atoms with Crippen LogP contribution in [0.3, 0.4) is 0 Å². The Bertz CT molecular complexity index is 660. The number of amides is 2. The van der Waals surface area contributed by atoms with Crippen LogP contribution in [0.1, 0.15) is 25.5 Å². The molecule has 0 spiro atoms. The molecule has 1 fully saturated rings. The highest BCUT2D eigenvalue weighted by Gasteiger charge is 2.39. The van der Waals surface area contributed by atoms with Gasteiger partial charge in [-0.3, -0.25) is 4.79 Å². The smallest absolute Gasteiger partial charge is 0.319 e. The molecule has 1 saturated heterocycles. The van der Waals surface area contributed by atoms with Gasteiger partial charge in [0, 0.05) is 5.70 Å². The number of hydrogen-bond donors (Lipinski definition) is 2. The number of carbonyl (C=O) groups is 2. The summed E-state index contributed by atoms with van der Waals surface area (Å²) in [5.74, 6) is -0.237. The molecule has 0 bridgehead atoms. The zero-order valence-corrected chi connectivity index (χ0v) is 15.5. The van der Waals surface area contributed by atoms with Crippen LogP contribution in [0.25, 0.3) is 0 Å². The lowest BCUT2D eigenvalue weighted by atomic mass is 9.89. The first-order valence-electron chi connectivity index (χ1n) is 7.59. The van der Waals surface area contributed by atoms with E-state index >= 15 is 0 Å². The molecule has 2 amide bonds. The van der Waals surface area contributed by atoms with Gasteiger partial charge in [0.25, 0.3) is 0 Å². The second kappa shape index (κ2) is 7.70. The highest BCUT2D eigenvalue weighted by molar-refractivity contribution is 9.10. The van der Waals surface area contributed by atoms with Gasteiger partial charge in [-0.1, -0.05) is 26.5 Å². The summed E-state index contributed by atoms with van der Waals surface area (Å²) >= 11 is 3.42. The molecular formula is C17H21BrN2O4. The minimum Gasteiger partial charge on any atom is -0.496 e. The van der Waals surface area contributed by atoms with E-state index in [0.29, 0.717) is 18.1 Å². The van der Waals surface area contributed by atoms with Crippen molar-refractivity contribution >= 4 is 27.9 Å². The number of esters is 1. The van der Waals surface area contributed by atoms with Crippen molar-refractivity contribution in [1.29, 1.82) is 0 Å². The zero-order valence-electron chi connectivity index (χ0n) is 13.9. The van der Waals surface area contributed by atoms with Crippen LogP contribution in [-0.2, 0) is 9.53 Å². The van der Waals surface area contributed by atoms with Crippen molar-refractivity contribution in [2.75, 3.05) is 13.7 Å². The molecule has 2 atom stereocenters. The number of ether oxygens (including phenoxy) is 2. The molecule has 7 heteroatoms. The third kappa shape index (κ3) is 4.08. The number of carbonyl (C=O) groups excluding carboxylic acids is 2. The molecule has 1 heterocycles. The number of hydrogen-bond acceptors (Lipinski definition) is 4. The summed E-state index contributed by atoms with van der Waals surface area (Å²) in [7, 11) is 1.57. The Morgan fingerprint density at radius 1 is 1.42 bits per heavy atom. The summed E-state index contributed by atoms with van der Waals surface area (Å²) in [6.07, 6.45) is 0. The molecule has 24 heavy (non-hydrogen) atoms. The molecule has 0 aromatic heterocycles. The Morgan fingerprint density at radius 3 is 2.71 bits per heavy atom. The third-order valence-electron chi connectivity index (χ3n) is 3.62. The van der Waals surface area contributed by atoms with Gasteiger partial charge < -0.3 is 20.1 Å². The van der Waals surface area contributed by atoms with E-state index in [1.54, 1.807) is 19.2 Å². The molecule has 1 aromatic rings. The molecule has 0 saturated carbocycles. The molecule has 2 N–H and O–H groups in total. The standard InChI is InChI=1S/C17H21BrN2O4/c1-9(2)8-24-16(21)14-10(3)19-17(22)20-15(14)11-5-6-13(23-4)12(18)7-11/h5-7,9,14-15H,3,8H2,1-2,4H3,(H2,19,20,22). The molecule has 2 unspecified atom stereocenters. The van der Waals surface area contributed by atoms with Crippen LogP contribution in [0.2, 0.25) is 0 Å². The Hall–Kier alpha value is -2.02. The lowest BCUT2D eigenvalue weighted by molar-refractivity contribution is -0.149. The van der Waals surface area contributed by atoms with Crippen LogP contribution in [0.5, 0.6) is 5.75 Å². The number of halogens is 1. The van der Waals surface area contributed by atoms with E-state index in [-0.39, 0.29) is 5.92 Å². The van der Waals surface area contributed by atoms with Crippen molar-refractivity contribution in [2.24, 2.45) is 11.8 Å². The first-order chi connectivity index (χ1) is 11.3. The van der Waals surface area contributed by atoms with Gasteiger partial charge in [0.05, 0.1) is 24.2 Å². The summed E-state index contributed by atoms with van der Waals surface area (Å²) in [4.78, 5) is 24.3. The molecule has 2 rings (SSSR count). The van der Waals surface area contributed by atoms with Gasteiger partial charge in [0.2, 0.25) is 0 Å². The fraction of sp³-hybridized carbons (Fsp3) is 0.412. The van der Waals surface area contributed by atoms with E-state index in [0.717, 1.165) is 10.0 Å². The van der Waals surface area contributed by atoms with E-state index in [1.807, 2.05) is 19.9 Å². The van der Waals surface area contributed by atoms with E-state index < -0.39 is 24.0 Å². The molecular weight excluding hydrogens is 376 g/mol. The van der Waals surface area contributed by atoms with Crippen LogP contribution >= 0.6 is 15.9 Å². The van der Waals surface area contributed by atoms with Gasteiger partial charge in [-0.05, 0) is 39.5 Å². The second-order valence-corrected chi connectivity index (χ2v) is 6.85. The fourth-order valence-electron chi connectivity index (χ4n) is 2.45. The van der Waals surface area contributed by atoms with Gasteiger partial charge in [-0.25, -0.2) is 4.79 Å². The summed E-state index contributed by atoms with van der Waals surface area (Å²) in [6.45, 7) is 8.05. The summed E-state index contributed by atoms with van der Waals surface area (Å²) < 4.78 is 11.3. The monoisotopic (exact) mass is 396 g/mol. The molecule has 0 aliphatic carbocycles. The van der Waals surface area contributed by atoms with Gasteiger partial charge in [0.1, 0.15) is 11.7 Å². The average Bonchev–Trinajstić information content (AvgIpc) is 2.51. The summed E-state index contributed by atoms with van der Waals surface area (Å²) in [6, 6.07) is 4.42. The Kier molecular flexibility index (Phi) is 5.88. The van der Waals surface area contributed by atoms with E-state index in [2.05, 4.69) is 33.1 Å². The maximum atomic E-state index is 12.5. The highest BCUT2D eigenvalue weighted by Crippen LogP contribution is 2.34. The van der Waals surface area contributed by atoms with Crippen molar-refractivity contribution in [3.8, 4) is 5.75 Å². The van der Waals surface area contributed by atoms with Crippen LogP contribution < -0.4 is 15.4 Å². The molecule has 130 valence electrons. The Balaban J connectivity index is 2.31. The molecule has 1 aliphatic rings. The number of urea groups is 1. The van der Waals surface area contributed by atoms with Crippen molar-refractivity contribution < 1.29 is 19.1 Å². The maximum Gasteiger partial charge on any atom is 0.319 e. The number of methoxy groups -OCH3 is 1. The quantitative estimate of drug-likeness (QED) is 0.749. The maximum absolute atomic E-state index is 12.5. The van der Waals surface area contributed by atoms with Crippen LogP contribution in [0.15, 0.2) is 34.9 Å². The van der Waals surface area contributed by atoms with E-state index in [1.165, 1.54) is 0 Å². The normalized spacial score (nSPS) is 20.4. The highest BCUT2D eigenvalue weighted by atomic mass is 79.9. The number of benzene rings is 1. The minimum absolute atomic E-state index is 0.224. The van der Waals surface area contributed by atoms with Crippen molar-refractivity contribution in [3.63, 3.8) is 0 Å². The number of nitrogens with one attached hydrogen (secondary N) is 2. The van der Waals surface area contributed by atoms with Crippen LogP contribution in [-0.4, -0.2) is 25.7 Å². The zero-order chi connectivity index (χ0) is 17.9. The number of rotatable bonds is 5. The van der Waals surface area contributed by atoms with Gasteiger partial charge >= 0.3 is 12.0 Å².